The lowest BCUT2D eigenvalue weighted by molar-refractivity contribution is 0.475. The van der Waals surface area contributed by atoms with Crippen LogP contribution in [-0.2, 0) is 0 Å². The van der Waals surface area contributed by atoms with Crippen molar-refractivity contribution in [3.8, 4) is 5.75 Å². The van der Waals surface area contributed by atoms with Crippen LogP contribution in [0.5, 0.6) is 5.75 Å². The molecule has 3 heteroatoms. The predicted molar refractivity (Wildman–Crippen MR) is 92.7 cm³/mol. The maximum atomic E-state index is 10.1. The molecule has 0 bridgehead atoms. The quantitative estimate of drug-likeness (QED) is 0.546. The Balaban J connectivity index is 1.91. The van der Waals surface area contributed by atoms with Gasteiger partial charge < -0.3 is 5.11 Å². The highest BCUT2D eigenvalue weighted by atomic mass is 16.3. The zero-order valence-electron chi connectivity index (χ0n) is 12.7. The van der Waals surface area contributed by atoms with Crippen LogP contribution in [0.3, 0.4) is 0 Å². The molecule has 110 valence electrons. The van der Waals surface area contributed by atoms with E-state index >= 15 is 0 Å². The van der Waals surface area contributed by atoms with Gasteiger partial charge in [-0.05, 0) is 42.3 Å². The predicted octanol–water partition coefficient (Wildman–Crippen LogP) is 4.61. The summed E-state index contributed by atoms with van der Waals surface area (Å²) in [5.41, 5.74) is 7.08. The van der Waals surface area contributed by atoms with Gasteiger partial charge in [0.2, 0.25) is 0 Å². The maximum Gasteiger partial charge on any atom is 0.125 e. The molecule has 2 N–H and O–H groups in total. The molecule has 0 amide bonds. The summed E-state index contributed by atoms with van der Waals surface area (Å²) in [6, 6.07) is 17.7. The maximum absolute atomic E-state index is 10.1. The third-order valence-corrected chi connectivity index (χ3v) is 3.71. The number of hydrogen-bond acceptors (Lipinski definition) is 3. The first kappa shape index (κ1) is 14.1. The van der Waals surface area contributed by atoms with Crippen molar-refractivity contribution in [1.82, 2.24) is 0 Å². The molecular weight excluding hydrogens is 272 g/mol. The van der Waals surface area contributed by atoms with E-state index in [1.54, 1.807) is 12.3 Å². The zero-order valence-corrected chi connectivity index (χ0v) is 12.7. The van der Waals surface area contributed by atoms with Gasteiger partial charge in [-0.2, -0.15) is 5.10 Å². The lowest BCUT2D eigenvalue weighted by atomic mass is 10.0. The normalized spacial score (nSPS) is 11.2. The van der Waals surface area contributed by atoms with Gasteiger partial charge in [-0.15, -0.1) is 0 Å². The van der Waals surface area contributed by atoms with Gasteiger partial charge in [-0.25, -0.2) is 0 Å². The number of phenolic OH excluding ortho intramolecular Hbond substituents is 1. The van der Waals surface area contributed by atoms with Crippen molar-refractivity contribution in [3.63, 3.8) is 0 Å². The van der Waals surface area contributed by atoms with Crippen LogP contribution in [0, 0.1) is 13.8 Å². The standard InChI is InChI=1S/C19H18N2O/c1-13-7-9-18(14(2)11-13)21-20-12-17-16-6-4-3-5-15(16)8-10-19(17)22/h3-12,21-22H,1-2H3. The molecule has 3 nitrogen and oxygen atoms in total. The van der Waals surface area contributed by atoms with Crippen LogP contribution in [0.15, 0.2) is 59.7 Å². The Morgan fingerprint density at radius 3 is 2.64 bits per heavy atom. The summed E-state index contributed by atoms with van der Waals surface area (Å²) in [6.45, 7) is 4.11. The van der Waals surface area contributed by atoms with E-state index in [4.69, 9.17) is 0 Å². The van der Waals surface area contributed by atoms with E-state index in [0.717, 1.165) is 27.6 Å². The molecular formula is C19H18N2O. The van der Waals surface area contributed by atoms with Gasteiger partial charge in [0.15, 0.2) is 0 Å². The number of aromatic hydroxyl groups is 1. The summed E-state index contributed by atoms with van der Waals surface area (Å²) in [7, 11) is 0. The van der Waals surface area contributed by atoms with Crippen LogP contribution >= 0.6 is 0 Å². The molecule has 0 unspecified atom stereocenters. The minimum absolute atomic E-state index is 0.227. The number of hydrogen-bond donors (Lipinski definition) is 2. The van der Waals surface area contributed by atoms with Gasteiger partial charge in [-0.3, -0.25) is 5.43 Å². The minimum Gasteiger partial charge on any atom is -0.507 e. The number of anilines is 1. The number of nitrogens with zero attached hydrogens (tertiary/aromatic N) is 1. The highest BCUT2D eigenvalue weighted by molar-refractivity contribution is 6.02. The molecule has 22 heavy (non-hydrogen) atoms. The average Bonchev–Trinajstić information content (AvgIpc) is 2.51. The summed E-state index contributed by atoms with van der Waals surface area (Å²) in [5.74, 6) is 0.227. The summed E-state index contributed by atoms with van der Waals surface area (Å²) in [6.07, 6.45) is 1.66. The van der Waals surface area contributed by atoms with E-state index in [9.17, 15) is 5.11 Å². The number of rotatable bonds is 3. The first-order chi connectivity index (χ1) is 10.6. The molecule has 0 saturated carbocycles. The molecule has 0 radical (unpaired) electrons. The number of hydrazone groups is 1. The Morgan fingerprint density at radius 1 is 1.00 bits per heavy atom. The average molecular weight is 290 g/mol. The van der Waals surface area contributed by atoms with Gasteiger partial charge in [-0.1, -0.05) is 48.0 Å². The second-order valence-corrected chi connectivity index (χ2v) is 5.41. The Bertz CT molecular complexity index is 853. The monoisotopic (exact) mass is 290 g/mol. The third kappa shape index (κ3) is 2.79. The fraction of sp³-hybridized carbons (Fsp3) is 0.105. The van der Waals surface area contributed by atoms with Crippen LogP contribution < -0.4 is 5.43 Å². The molecule has 0 saturated heterocycles. The van der Waals surface area contributed by atoms with Gasteiger partial charge in [0.25, 0.3) is 0 Å². The molecule has 3 aromatic carbocycles. The van der Waals surface area contributed by atoms with Crippen LogP contribution in [-0.4, -0.2) is 11.3 Å². The Kier molecular flexibility index (Phi) is 3.79. The van der Waals surface area contributed by atoms with E-state index in [2.05, 4.69) is 23.5 Å². The molecule has 0 aliphatic heterocycles. The summed E-state index contributed by atoms with van der Waals surface area (Å²) in [4.78, 5) is 0. The van der Waals surface area contributed by atoms with E-state index in [1.165, 1.54) is 5.56 Å². The van der Waals surface area contributed by atoms with Gasteiger partial charge in [0, 0.05) is 5.56 Å². The number of nitrogens with one attached hydrogen (secondary N) is 1. The highest BCUT2D eigenvalue weighted by Crippen LogP contribution is 2.25. The van der Waals surface area contributed by atoms with Crippen molar-refractivity contribution in [2.75, 3.05) is 5.43 Å². The summed E-state index contributed by atoms with van der Waals surface area (Å²) in [5, 5.41) is 16.4. The number of aryl methyl sites for hydroxylation is 2. The van der Waals surface area contributed by atoms with Crippen LogP contribution in [0.2, 0.25) is 0 Å². The van der Waals surface area contributed by atoms with Crippen LogP contribution in [0.25, 0.3) is 10.8 Å². The Morgan fingerprint density at radius 2 is 1.82 bits per heavy atom. The highest BCUT2D eigenvalue weighted by Gasteiger charge is 2.04. The fourth-order valence-corrected chi connectivity index (χ4v) is 2.53. The first-order valence-electron chi connectivity index (χ1n) is 7.22. The number of fused-ring (bicyclic) bond motifs is 1. The zero-order chi connectivity index (χ0) is 15.5. The van der Waals surface area contributed by atoms with E-state index in [1.807, 2.05) is 49.4 Å². The van der Waals surface area contributed by atoms with E-state index < -0.39 is 0 Å². The lowest BCUT2D eigenvalue weighted by Crippen LogP contribution is -1.94. The smallest absolute Gasteiger partial charge is 0.125 e. The van der Waals surface area contributed by atoms with Crippen molar-refractivity contribution >= 4 is 22.7 Å². The largest absolute Gasteiger partial charge is 0.507 e. The second kappa shape index (κ2) is 5.90. The fourth-order valence-electron chi connectivity index (χ4n) is 2.53. The topological polar surface area (TPSA) is 44.6 Å². The lowest BCUT2D eigenvalue weighted by Gasteiger charge is -2.07. The SMILES string of the molecule is Cc1ccc(NN=Cc2c(O)ccc3ccccc23)c(C)c1. The third-order valence-electron chi connectivity index (χ3n) is 3.71. The molecule has 0 spiro atoms. The van der Waals surface area contributed by atoms with Crippen molar-refractivity contribution in [1.29, 1.82) is 0 Å². The molecule has 3 aromatic rings. The van der Waals surface area contributed by atoms with Crippen LogP contribution in [0.1, 0.15) is 16.7 Å². The molecule has 0 aromatic heterocycles. The van der Waals surface area contributed by atoms with Crippen molar-refractivity contribution in [2.24, 2.45) is 5.10 Å². The van der Waals surface area contributed by atoms with Crippen LogP contribution in [0.4, 0.5) is 5.69 Å². The van der Waals surface area contributed by atoms with Gasteiger partial charge >= 0.3 is 0 Å². The molecule has 0 fully saturated rings. The van der Waals surface area contributed by atoms with Crippen molar-refractivity contribution in [3.05, 3.63) is 71.3 Å². The second-order valence-electron chi connectivity index (χ2n) is 5.41. The Labute approximate surface area is 129 Å². The summed E-state index contributed by atoms with van der Waals surface area (Å²) < 4.78 is 0. The van der Waals surface area contributed by atoms with Crippen molar-refractivity contribution in [2.45, 2.75) is 13.8 Å². The Hall–Kier alpha value is -2.81. The molecule has 0 aliphatic rings. The molecule has 0 aliphatic carbocycles. The molecule has 0 heterocycles. The molecule has 0 atom stereocenters. The van der Waals surface area contributed by atoms with E-state index in [-0.39, 0.29) is 5.75 Å². The molecule has 3 rings (SSSR count). The van der Waals surface area contributed by atoms with Crippen molar-refractivity contribution < 1.29 is 5.11 Å². The van der Waals surface area contributed by atoms with Gasteiger partial charge in [0.1, 0.15) is 5.75 Å². The van der Waals surface area contributed by atoms with Gasteiger partial charge in [0.05, 0.1) is 11.9 Å². The number of phenols is 1. The number of benzene rings is 3. The van der Waals surface area contributed by atoms with E-state index in [0.29, 0.717) is 0 Å². The summed E-state index contributed by atoms with van der Waals surface area (Å²) >= 11 is 0. The first-order valence-corrected chi connectivity index (χ1v) is 7.22. The minimum atomic E-state index is 0.227.